The van der Waals surface area contributed by atoms with E-state index >= 15 is 0 Å². The number of hydrogen-bond donors (Lipinski definition) is 1. The fourth-order valence-electron chi connectivity index (χ4n) is 1.35. The fourth-order valence-corrected chi connectivity index (χ4v) is 1.35. The van der Waals surface area contributed by atoms with E-state index < -0.39 is 6.61 Å². The summed E-state index contributed by atoms with van der Waals surface area (Å²) >= 11 is 0. The zero-order valence-electron chi connectivity index (χ0n) is 8.85. The quantitative estimate of drug-likeness (QED) is 0.897. The van der Waals surface area contributed by atoms with Gasteiger partial charge in [0.1, 0.15) is 5.75 Å². The van der Waals surface area contributed by atoms with E-state index in [1.165, 1.54) is 24.3 Å². The lowest BCUT2D eigenvalue weighted by atomic mass is 10.1. The molecule has 1 heterocycles. The highest BCUT2D eigenvalue weighted by molar-refractivity contribution is 5.66. The standard InChI is InChI=1S/C11H9F2NO3/c1-6-10(15)9(14-17-6)7-2-4-8(5-3-7)16-11(12)13/h2-5,11,15H,1H3. The van der Waals surface area contributed by atoms with Gasteiger partial charge < -0.3 is 14.4 Å². The van der Waals surface area contributed by atoms with Gasteiger partial charge in [-0.2, -0.15) is 8.78 Å². The Kier molecular flexibility index (Phi) is 2.95. The molecule has 6 heteroatoms. The van der Waals surface area contributed by atoms with E-state index in [2.05, 4.69) is 9.89 Å². The van der Waals surface area contributed by atoms with Gasteiger partial charge in [-0.05, 0) is 24.3 Å². The normalized spacial score (nSPS) is 10.8. The van der Waals surface area contributed by atoms with Gasteiger partial charge in [-0.25, -0.2) is 0 Å². The smallest absolute Gasteiger partial charge is 0.387 e. The number of alkyl halides is 2. The van der Waals surface area contributed by atoms with E-state index in [1.807, 2.05) is 0 Å². The number of ether oxygens (including phenoxy) is 1. The molecule has 90 valence electrons. The van der Waals surface area contributed by atoms with E-state index in [0.29, 0.717) is 11.3 Å². The third kappa shape index (κ3) is 2.35. The van der Waals surface area contributed by atoms with Crippen LogP contribution >= 0.6 is 0 Å². The lowest BCUT2D eigenvalue weighted by Crippen LogP contribution is -2.01. The first-order valence-electron chi connectivity index (χ1n) is 4.78. The zero-order valence-corrected chi connectivity index (χ0v) is 8.85. The Labute approximate surface area is 95.4 Å². The molecular formula is C11H9F2NO3. The van der Waals surface area contributed by atoms with Gasteiger partial charge in [-0.1, -0.05) is 5.16 Å². The molecule has 0 unspecified atom stereocenters. The van der Waals surface area contributed by atoms with Crippen LogP contribution < -0.4 is 4.74 Å². The minimum atomic E-state index is -2.86. The van der Waals surface area contributed by atoms with E-state index in [1.54, 1.807) is 6.92 Å². The van der Waals surface area contributed by atoms with Crippen molar-refractivity contribution >= 4 is 0 Å². The largest absolute Gasteiger partial charge is 0.503 e. The van der Waals surface area contributed by atoms with E-state index in [4.69, 9.17) is 4.52 Å². The molecule has 0 fully saturated rings. The highest BCUT2D eigenvalue weighted by atomic mass is 19.3. The van der Waals surface area contributed by atoms with Gasteiger partial charge >= 0.3 is 6.61 Å². The second-order valence-corrected chi connectivity index (χ2v) is 3.34. The molecule has 1 aromatic carbocycles. The molecule has 0 saturated heterocycles. The van der Waals surface area contributed by atoms with Crippen molar-refractivity contribution in [2.75, 3.05) is 0 Å². The minimum absolute atomic E-state index is 0.0449. The van der Waals surface area contributed by atoms with Gasteiger partial charge in [0.05, 0.1) is 0 Å². The van der Waals surface area contributed by atoms with Crippen LogP contribution in [0.1, 0.15) is 5.76 Å². The van der Waals surface area contributed by atoms with Crippen LogP contribution in [-0.2, 0) is 0 Å². The van der Waals surface area contributed by atoms with Crippen molar-refractivity contribution in [2.45, 2.75) is 13.5 Å². The average Bonchev–Trinajstić information content (AvgIpc) is 2.60. The molecule has 1 aromatic heterocycles. The van der Waals surface area contributed by atoms with Crippen LogP contribution in [0.3, 0.4) is 0 Å². The molecule has 0 bridgehead atoms. The Morgan fingerprint density at radius 1 is 1.29 bits per heavy atom. The predicted octanol–water partition coefficient (Wildman–Crippen LogP) is 2.96. The molecule has 0 atom stereocenters. The Morgan fingerprint density at radius 2 is 1.94 bits per heavy atom. The monoisotopic (exact) mass is 241 g/mol. The van der Waals surface area contributed by atoms with Gasteiger partial charge in [-0.3, -0.25) is 0 Å². The molecule has 0 aliphatic rings. The molecule has 0 aliphatic carbocycles. The fraction of sp³-hybridized carbons (Fsp3) is 0.182. The van der Waals surface area contributed by atoms with E-state index in [0.717, 1.165) is 0 Å². The number of aromatic nitrogens is 1. The van der Waals surface area contributed by atoms with Crippen LogP contribution in [0.4, 0.5) is 8.78 Å². The Bertz CT molecular complexity index is 508. The number of aromatic hydroxyl groups is 1. The lowest BCUT2D eigenvalue weighted by molar-refractivity contribution is -0.0498. The van der Waals surface area contributed by atoms with Crippen molar-refractivity contribution in [3.05, 3.63) is 30.0 Å². The summed E-state index contributed by atoms with van der Waals surface area (Å²) in [5.41, 5.74) is 0.826. The second-order valence-electron chi connectivity index (χ2n) is 3.34. The summed E-state index contributed by atoms with van der Waals surface area (Å²) in [6, 6.07) is 5.75. The molecule has 0 spiro atoms. The second kappa shape index (κ2) is 4.40. The van der Waals surface area contributed by atoms with Gasteiger partial charge in [0.2, 0.25) is 0 Å². The summed E-state index contributed by atoms with van der Waals surface area (Å²) in [5.74, 6) is 0.281. The van der Waals surface area contributed by atoms with Crippen LogP contribution in [0.5, 0.6) is 11.5 Å². The first kappa shape index (κ1) is 11.4. The molecule has 17 heavy (non-hydrogen) atoms. The summed E-state index contributed by atoms with van der Waals surface area (Å²) in [6.45, 7) is -1.29. The number of aryl methyl sites for hydroxylation is 1. The highest BCUT2D eigenvalue weighted by Crippen LogP contribution is 2.31. The van der Waals surface area contributed by atoms with Crippen molar-refractivity contribution in [2.24, 2.45) is 0 Å². The molecule has 2 aromatic rings. The van der Waals surface area contributed by atoms with Gasteiger partial charge in [-0.15, -0.1) is 0 Å². The van der Waals surface area contributed by atoms with Crippen LogP contribution in [-0.4, -0.2) is 16.9 Å². The van der Waals surface area contributed by atoms with Gasteiger partial charge in [0, 0.05) is 12.5 Å². The first-order chi connectivity index (χ1) is 8.08. The Hall–Kier alpha value is -2.11. The van der Waals surface area contributed by atoms with Crippen LogP contribution in [0.15, 0.2) is 28.8 Å². The average molecular weight is 241 g/mol. The van der Waals surface area contributed by atoms with Crippen LogP contribution in [0.2, 0.25) is 0 Å². The van der Waals surface area contributed by atoms with Crippen LogP contribution in [0.25, 0.3) is 11.3 Å². The third-order valence-electron chi connectivity index (χ3n) is 2.18. The highest BCUT2D eigenvalue weighted by Gasteiger charge is 2.13. The maximum absolute atomic E-state index is 11.9. The molecule has 0 amide bonds. The Balaban J connectivity index is 2.26. The summed E-state index contributed by atoms with van der Waals surface area (Å²) in [7, 11) is 0. The van der Waals surface area contributed by atoms with Crippen molar-refractivity contribution in [3.8, 4) is 22.8 Å². The van der Waals surface area contributed by atoms with Crippen LogP contribution in [0, 0.1) is 6.92 Å². The molecule has 0 saturated carbocycles. The van der Waals surface area contributed by atoms with Gasteiger partial charge in [0.25, 0.3) is 0 Å². The SMILES string of the molecule is Cc1onc(-c2ccc(OC(F)F)cc2)c1O. The summed E-state index contributed by atoms with van der Waals surface area (Å²) in [4.78, 5) is 0. The maximum atomic E-state index is 11.9. The molecular weight excluding hydrogens is 232 g/mol. The summed E-state index contributed by atoms with van der Waals surface area (Å²) in [5, 5.41) is 13.3. The lowest BCUT2D eigenvalue weighted by Gasteiger charge is -2.04. The molecule has 0 aliphatic heterocycles. The van der Waals surface area contributed by atoms with Crippen molar-refractivity contribution < 1.29 is 23.1 Å². The maximum Gasteiger partial charge on any atom is 0.387 e. The van der Waals surface area contributed by atoms with Crippen molar-refractivity contribution in [3.63, 3.8) is 0 Å². The number of hydrogen-bond acceptors (Lipinski definition) is 4. The third-order valence-corrected chi connectivity index (χ3v) is 2.18. The molecule has 1 N–H and O–H groups in total. The topological polar surface area (TPSA) is 55.5 Å². The van der Waals surface area contributed by atoms with Gasteiger partial charge in [0.15, 0.2) is 17.2 Å². The number of benzene rings is 1. The van der Waals surface area contributed by atoms with Crippen molar-refractivity contribution in [1.82, 2.24) is 5.16 Å². The summed E-state index contributed by atoms with van der Waals surface area (Å²) < 4.78 is 32.8. The summed E-state index contributed by atoms with van der Waals surface area (Å²) in [6.07, 6.45) is 0. The number of rotatable bonds is 3. The first-order valence-corrected chi connectivity index (χ1v) is 4.78. The number of halogens is 2. The van der Waals surface area contributed by atoms with E-state index in [-0.39, 0.29) is 17.2 Å². The molecule has 4 nitrogen and oxygen atoms in total. The molecule has 2 rings (SSSR count). The van der Waals surface area contributed by atoms with Crippen molar-refractivity contribution in [1.29, 1.82) is 0 Å². The van der Waals surface area contributed by atoms with E-state index in [9.17, 15) is 13.9 Å². The molecule has 0 radical (unpaired) electrons. The minimum Gasteiger partial charge on any atom is -0.503 e. The Morgan fingerprint density at radius 3 is 2.41 bits per heavy atom. The predicted molar refractivity (Wildman–Crippen MR) is 55.0 cm³/mol. The number of nitrogens with zero attached hydrogens (tertiary/aromatic N) is 1. The zero-order chi connectivity index (χ0) is 12.4.